The van der Waals surface area contributed by atoms with Gasteiger partial charge in [0.1, 0.15) is 10.7 Å². The first-order chi connectivity index (χ1) is 8.54. The molecule has 0 saturated heterocycles. The molecule has 0 aliphatic carbocycles. The topological polar surface area (TPSA) is 83.0 Å². The van der Waals surface area contributed by atoms with Crippen LogP contribution in [0.2, 0.25) is 0 Å². The van der Waals surface area contributed by atoms with Crippen molar-refractivity contribution in [1.82, 2.24) is 14.8 Å². The summed E-state index contributed by atoms with van der Waals surface area (Å²) < 4.78 is 6.59. The quantitative estimate of drug-likeness (QED) is 0.839. The van der Waals surface area contributed by atoms with Crippen LogP contribution >= 0.6 is 11.3 Å². The normalized spacial score (nSPS) is 12.4. The summed E-state index contributed by atoms with van der Waals surface area (Å²) in [6.45, 7) is 1.83. The van der Waals surface area contributed by atoms with Crippen molar-refractivity contribution in [3.8, 4) is 5.75 Å². The van der Waals surface area contributed by atoms with E-state index in [0.29, 0.717) is 17.1 Å². The van der Waals surface area contributed by atoms with E-state index in [1.165, 1.54) is 29.3 Å². The van der Waals surface area contributed by atoms with Gasteiger partial charge >= 0.3 is 0 Å². The number of nitrogens with two attached hydrogens (primary N) is 1. The molecule has 2 rings (SSSR count). The maximum absolute atomic E-state index is 12.3. The van der Waals surface area contributed by atoms with Crippen LogP contribution in [0.5, 0.6) is 5.75 Å². The lowest BCUT2D eigenvalue weighted by Gasteiger charge is -2.02. The third-order valence-corrected chi connectivity index (χ3v) is 3.53. The predicted octanol–water partition coefficient (Wildman–Crippen LogP) is 1.14. The van der Waals surface area contributed by atoms with E-state index in [0.717, 1.165) is 5.01 Å². The minimum atomic E-state index is -0.213. The number of methoxy groups -OCH3 is 1. The average Bonchev–Trinajstić information content (AvgIpc) is 2.94. The van der Waals surface area contributed by atoms with Crippen molar-refractivity contribution >= 4 is 17.1 Å². The number of aryl methyl sites for hydroxylation is 1. The smallest absolute Gasteiger partial charge is 0.234 e. The van der Waals surface area contributed by atoms with Crippen LogP contribution in [0.15, 0.2) is 11.6 Å². The molecule has 0 aliphatic heterocycles. The van der Waals surface area contributed by atoms with Crippen LogP contribution in [0.4, 0.5) is 0 Å². The summed E-state index contributed by atoms with van der Waals surface area (Å²) in [5, 5.41) is 6.44. The number of thiazole rings is 1. The third-order valence-electron chi connectivity index (χ3n) is 2.48. The molecule has 2 heterocycles. The van der Waals surface area contributed by atoms with Crippen LogP contribution in [0.3, 0.4) is 0 Å². The van der Waals surface area contributed by atoms with Crippen LogP contribution in [0.25, 0.3) is 0 Å². The Labute approximate surface area is 108 Å². The molecule has 0 fully saturated rings. The Morgan fingerprint density at radius 2 is 2.33 bits per heavy atom. The molecule has 0 saturated carbocycles. The number of carbonyl (C=O) groups excluding carboxylic acids is 1. The van der Waals surface area contributed by atoms with Crippen molar-refractivity contribution in [2.75, 3.05) is 7.11 Å². The summed E-state index contributed by atoms with van der Waals surface area (Å²) in [7, 11) is 3.19. The molecular weight excluding hydrogens is 252 g/mol. The fourth-order valence-corrected chi connectivity index (χ4v) is 2.31. The van der Waals surface area contributed by atoms with Gasteiger partial charge in [0.25, 0.3) is 0 Å². The Kier molecular flexibility index (Phi) is 3.44. The Morgan fingerprint density at radius 3 is 2.89 bits per heavy atom. The van der Waals surface area contributed by atoms with Gasteiger partial charge < -0.3 is 10.5 Å². The van der Waals surface area contributed by atoms with Crippen LogP contribution in [0.1, 0.15) is 34.2 Å². The lowest BCUT2D eigenvalue weighted by atomic mass is 10.2. The highest BCUT2D eigenvalue weighted by Crippen LogP contribution is 2.23. The summed E-state index contributed by atoms with van der Waals surface area (Å²) >= 11 is 1.38. The number of nitrogens with zero attached hydrogens (tertiary/aromatic N) is 3. The van der Waals surface area contributed by atoms with Gasteiger partial charge in [-0.25, -0.2) is 4.98 Å². The van der Waals surface area contributed by atoms with Crippen LogP contribution in [-0.4, -0.2) is 27.7 Å². The number of hydrogen-bond donors (Lipinski definition) is 1. The Bertz CT molecular complexity index is 573. The Morgan fingerprint density at radius 1 is 1.61 bits per heavy atom. The van der Waals surface area contributed by atoms with E-state index < -0.39 is 0 Å². The highest BCUT2D eigenvalue weighted by atomic mass is 32.1. The van der Waals surface area contributed by atoms with Crippen LogP contribution in [0, 0.1) is 0 Å². The number of aromatic nitrogens is 3. The first kappa shape index (κ1) is 12.7. The minimum Gasteiger partial charge on any atom is -0.493 e. The van der Waals surface area contributed by atoms with Gasteiger partial charge in [-0.1, -0.05) is 0 Å². The summed E-state index contributed by atoms with van der Waals surface area (Å²) in [5.41, 5.74) is 6.48. The van der Waals surface area contributed by atoms with Crippen molar-refractivity contribution in [2.24, 2.45) is 12.8 Å². The fourth-order valence-electron chi connectivity index (χ4n) is 1.55. The van der Waals surface area contributed by atoms with Crippen molar-refractivity contribution in [2.45, 2.75) is 13.0 Å². The maximum Gasteiger partial charge on any atom is 0.234 e. The minimum absolute atomic E-state index is 0.176. The van der Waals surface area contributed by atoms with Crippen molar-refractivity contribution in [1.29, 1.82) is 0 Å². The van der Waals surface area contributed by atoms with E-state index >= 15 is 0 Å². The average molecular weight is 266 g/mol. The zero-order valence-electron chi connectivity index (χ0n) is 10.4. The first-order valence-electron chi connectivity index (χ1n) is 5.36. The van der Waals surface area contributed by atoms with E-state index in [1.54, 1.807) is 12.4 Å². The zero-order chi connectivity index (χ0) is 13.3. The predicted molar refractivity (Wildman–Crippen MR) is 67.9 cm³/mol. The monoisotopic (exact) mass is 266 g/mol. The van der Waals surface area contributed by atoms with Gasteiger partial charge in [0.2, 0.25) is 5.78 Å². The van der Waals surface area contributed by atoms with E-state index in [4.69, 9.17) is 10.5 Å². The molecule has 0 radical (unpaired) electrons. The molecule has 0 amide bonds. The van der Waals surface area contributed by atoms with Gasteiger partial charge in [0.05, 0.1) is 19.3 Å². The molecule has 0 bridgehead atoms. The summed E-state index contributed by atoms with van der Waals surface area (Å²) in [6.07, 6.45) is 1.51. The third kappa shape index (κ3) is 2.14. The largest absolute Gasteiger partial charge is 0.493 e. The summed E-state index contributed by atoms with van der Waals surface area (Å²) in [4.78, 5) is 16.5. The molecule has 96 valence electrons. The molecular formula is C11H14N4O2S. The van der Waals surface area contributed by atoms with Crippen molar-refractivity contribution in [3.63, 3.8) is 0 Å². The Balaban J connectivity index is 2.38. The molecule has 2 aromatic rings. The molecule has 0 aliphatic rings. The molecule has 1 unspecified atom stereocenters. The van der Waals surface area contributed by atoms with Gasteiger partial charge in [0.15, 0.2) is 11.4 Å². The highest BCUT2D eigenvalue weighted by molar-refractivity contribution is 7.09. The molecule has 1 atom stereocenters. The van der Waals surface area contributed by atoms with Crippen LogP contribution in [-0.2, 0) is 7.05 Å². The Hall–Kier alpha value is -1.73. The number of ether oxygens (including phenoxy) is 1. The van der Waals surface area contributed by atoms with Gasteiger partial charge in [-0.2, -0.15) is 5.10 Å². The lowest BCUT2D eigenvalue weighted by molar-refractivity contribution is 0.102. The standard InChI is InChI=1S/C11H14N4O2S/c1-6(12)11-14-7(5-18-11)10(16)9-8(17-3)4-13-15(9)2/h4-6H,12H2,1-3H3. The van der Waals surface area contributed by atoms with Gasteiger partial charge in [-0.15, -0.1) is 11.3 Å². The maximum atomic E-state index is 12.3. The number of hydrogen-bond acceptors (Lipinski definition) is 6. The molecule has 6 nitrogen and oxygen atoms in total. The lowest BCUT2D eigenvalue weighted by Crippen LogP contribution is -2.11. The molecule has 2 N–H and O–H groups in total. The molecule has 7 heteroatoms. The number of rotatable bonds is 4. The second-order valence-electron chi connectivity index (χ2n) is 3.87. The van der Waals surface area contributed by atoms with Gasteiger partial charge in [-0.05, 0) is 6.92 Å². The molecule has 0 aromatic carbocycles. The van der Waals surface area contributed by atoms with Crippen molar-refractivity contribution in [3.05, 3.63) is 28.0 Å². The number of ketones is 1. The SMILES string of the molecule is COc1cnn(C)c1C(=O)c1csc(C(C)N)n1. The van der Waals surface area contributed by atoms with Crippen LogP contribution < -0.4 is 10.5 Å². The van der Waals surface area contributed by atoms with E-state index in [2.05, 4.69) is 10.1 Å². The second-order valence-corrected chi connectivity index (χ2v) is 4.76. The highest BCUT2D eigenvalue weighted by Gasteiger charge is 2.22. The van der Waals surface area contributed by atoms with E-state index in [1.807, 2.05) is 6.92 Å². The molecule has 0 spiro atoms. The van der Waals surface area contributed by atoms with E-state index in [-0.39, 0.29) is 11.8 Å². The number of carbonyl (C=O) groups is 1. The second kappa shape index (κ2) is 4.87. The first-order valence-corrected chi connectivity index (χ1v) is 6.24. The molecule has 2 aromatic heterocycles. The summed E-state index contributed by atoms with van der Waals surface area (Å²) in [6, 6.07) is -0.176. The summed E-state index contributed by atoms with van der Waals surface area (Å²) in [5.74, 6) is 0.229. The zero-order valence-corrected chi connectivity index (χ0v) is 11.2. The van der Waals surface area contributed by atoms with Gasteiger partial charge in [0, 0.05) is 12.4 Å². The van der Waals surface area contributed by atoms with Crippen molar-refractivity contribution < 1.29 is 9.53 Å². The molecule has 18 heavy (non-hydrogen) atoms. The van der Waals surface area contributed by atoms with E-state index in [9.17, 15) is 4.79 Å². The van der Waals surface area contributed by atoms with Gasteiger partial charge in [-0.3, -0.25) is 9.48 Å². The fraction of sp³-hybridized carbons (Fsp3) is 0.364.